The lowest BCUT2D eigenvalue weighted by atomic mass is 10.2. The number of hydrogen-bond donors (Lipinski definition) is 3. The van der Waals surface area contributed by atoms with Crippen LogP contribution in [-0.2, 0) is 11.3 Å². The average Bonchev–Trinajstić information content (AvgIpc) is 2.97. The van der Waals surface area contributed by atoms with Crippen LogP contribution in [0, 0.1) is 0 Å². The third-order valence-electron chi connectivity index (χ3n) is 2.86. The van der Waals surface area contributed by atoms with Crippen molar-refractivity contribution in [3.05, 3.63) is 58.3 Å². The van der Waals surface area contributed by atoms with Gasteiger partial charge < -0.3 is 9.55 Å². The van der Waals surface area contributed by atoms with Gasteiger partial charge in [-0.2, -0.15) is 0 Å². The van der Waals surface area contributed by atoms with Crippen molar-refractivity contribution in [1.82, 2.24) is 20.4 Å². The van der Waals surface area contributed by atoms with Gasteiger partial charge in [-0.25, -0.2) is 0 Å². The zero-order chi connectivity index (χ0) is 16.1. The van der Waals surface area contributed by atoms with Crippen molar-refractivity contribution < 1.29 is 14.4 Å². The average molecular weight is 302 g/mol. The van der Waals surface area contributed by atoms with E-state index in [1.807, 2.05) is 0 Å². The van der Waals surface area contributed by atoms with Gasteiger partial charge in [0.25, 0.3) is 17.4 Å². The fourth-order valence-electron chi connectivity index (χ4n) is 1.71. The maximum Gasteiger partial charge on any atom is 0.286 e. The Kier molecular flexibility index (Phi) is 4.52. The zero-order valence-corrected chi connectivity index (χ0v) is 11.8. The number of aromatic nitrogens is 2. The molecular weight excluding hydrogens is 288 g/mol. The van der Waals surface area contributed by atoms with Crippen LogP contribution in [-0.4, -0.2) is 27.1 Å². The molecule has 8 nitrogen and oxygen atoms in total. The van der Waals surface area contributed by atoms with Crippen LogP contribution in [0.1, 0.15) is 27.8 Å². The molecule has 0 atom stereocenters. The van der Waals surface area contributed by atoms with E-state index in [4.69, 9.17) is 0 Å². The molecule has 0 spiro atoms. The highest BCUT2D eigenvalue weighted by atomic mass is 16.2. The highest BCUT2D eigenvalue weighted by molar-refractivity contribution is 5.99. The SMILES string of the molecule is CC(=O)c1c[nH]c(C(=O)NNC(=O)Cn2ccccc2=O)c1. The third kappa shape index (κ3) is 3.69. The first-order valence-corrected chi connectivity index (χ1v) is 6.41. The number of hydrogen-bond acceptors (Lipinski definition) is 4. The Hall–Kier alpha value is -3.16. The predicted molar refractivity (Wildman–Crippen MR) is 77.1 cm³/mol. The molecule has 0 bridgehead atoms. The molecule has 22 heavy (non-hydrogen) atoms. The summed E-state index contributed by atoms with van der Waals surface area (Å²) in [6.45, 7) is 1.16. The largest absolute Gasteiger partial charge is 0.356 e. The van der Waals surface area contributed by atoms with Crippen LogP contribution in [0.15, 0.2) is 41.5 Å². The molecule has 2 rings (SSSR count). The number of Topliss-reactive ketones (excluding diaryl/α,β-unsaturated/α-hetero) is 1. The maximum absolute atomic E-state index is 11.8. The van der Waals surface area contributed by atoms with E-state index in [1.54, 1.807) is 12.1 Å². The van der Waals surface area contributed by atoms with Crippen molar-refractivity contribution >= 4 is 17.6 Å². The summed E-state index contributed by atoms with van der Waals surface area (Å²) in [5, 5.41) is 0. The minimum absolute atomic E-state index is 0.141. The number of nitrogens with zero attached hydrogens (tertiary/aromatic N) is 1. The minimum Gasteiger partial charge on any atom is -0.356 e. The Balaban J connectivity index is 1.90. The van der Waals surface area contributed by atoms with Gasteiger partial charge in [-0.15, -0.1) is 0 Å². The lowest BCUT2D eigenvalue weighted by Gasteiger charge is -2.07. The number of ketones is 1. The minimum atomic E-state index is -0.596. The van der Waals surface area contributed by atoms with E-state index in [-0.39, 0.29) is 23.6 Å². The highest BCUT2D eigenvalue weighted by Crippen LogP contribution is 2.03. The number of amides is 2. The van der Waals surface area contributed by atoms with Crippen molar-refractivity contribution in [2.45, 2.75) is 13.5 Å². The zero-order valence-electron chi connectivity index (χ0n) is 11.8. The van der Waals surface area contributed by atoms with Gasteiger partial charge in [0, 0.05) is 24.0 Å². The quantitative estimate of drug-likeness (QED) is 0.538. The van der Waals surface area contributed by atoms with E-state index in [2.05, 4.69) is 15.8 Å². The van der Waals surface area contributed by atoms with Gasteiger partial charge in [0.2, 0.25) is 0 Å². The van der Waals surface area contributed by atoms with Crippen molar-refractivity contribution in [3.63, 3.8) is 0 Å². The lowest BCUT2D eigenvalue weighted by molar-refractivity contribution is -0.122. The second kappa shape index (κ2) is 6.53. The molecule has 3 N–H and O–H groups in total. The van der Waals surface area contributed by atoms with Crippen LogP contribution in [0.2, 0.25) is 0 Å². The fourth-order valence-corrected chi connectivity index (χ4v) is 1.71. The van der Waals surface area contributed by atoms with Crippen LogP contribution in [0.5, 0.6) is 0 Å². The molecule has 0 aliphatic carbocycles. The van der Waals surface area contributed by atoms with Crippen molar-refractivity contribution in [1.29, 1.82) is 0 Å². The van der Waals surface area contributed by atoms with Crippen LogP contribution in [0.25, 0.3) is 0 Å². The smallest absolute Gasteiger partial charge is 0.286 e. The van der Waals surface area contributed by atoms with Crippen LogP contribution in [0.4, 0.5) is 0 Å². The summed E-state index contributed by atoms with van der Waals surface area (Å²) in [5.41, 5.74) is 4.58. The molecule has 0 saturated carbocycles. The van der Waals surface area contributed by atoms with Gasteiger partial charge in [-0.05, 0) is 19.1 Å². The number of nitrogens with one attached hydrogen (secondary N) is 3. The normalized spacial score (nSPS) is 10.0. The highest BCUT2D eigenvalue weighted by Gasteiger charge is 2.11. The predicted octanol–water partition coefficient (Wildman–Crippen LogP) is -0.160. The lowest BCUT2D eigenvalue weighted by Crippen LogP contribution is -2.44. The number of H-pyrrole nitrogens is 1. The maximum atomic E-state index is 11.8. The summed E-state index contributed by atoms with van der Waals surface area (Å²) in [5.74, 6) is -1.33. The molecule has 0 saturated heterocycles. The first-order chi connectivity index (χ1) is 10.5. The summed E-state index contributed by atoms with van der Waals surface area (Å²) >= 11 is 0. The summed E-state index contributed by atoms with van der Waals surface area (Å²) in [6.07, 6.45) is 2.87. The fraction of sp³-hybridized carbons (Fsp3) is 0.143. The van der Waals surface area contributed by atoms with Gasteiger partial charge >= 0.3 is 0 Å². The Bertz CT molecular complexity index is 775. The van der Waals surface area contributed by atoms with Gasteiger partial charge in [0.1, 0.15) is 12.2 Å². The Morgan fingerprint density at radius 3 is 2.64 bits per heavy atom. The van der Waals surface area contributed by atoms with Gasteiger partial charge in [0.15, 0.2) is 5.78 Å². The van der Waals surface area contributed by atoms with Gasteiger partial charge in [-0.3, -0.25) is 30.0 Å². The molecule has 2 aromatic heterocycles. The molecule has 0 fully saturated rings. The summed E-state index contributed by atoms with van der Waals surface area (Å²) in [7, 11) is 0. The van der Waals surface area contributed by atoms with Crippen molar-refractivity contribution in [2.75, 3.05) is 0 Å². The first-order valence-electron chi connectivity index (χ1n) is 6.41. The van der Waals surface area contributed by atoms with Crippen LogP contribution in [0.3, 0.4) is 0 Å². The molecule has 2 aromatic rings. The van der Waals surface area contributed by atoms with Gasteiger partial charge in [0.05, 0.1) is 0 Å². The topological polar surface area (TPSA) is 113 Å². The van der Waals surface area contributed by atoms with Crippen molar-refractivity contribution in [2.24, 2.45) is 0 Å². The molecule has 2 amide bonds. The number of rotatable bonds is 4. The Morgan fingerprint density at radius 2 is 2.00 bits per heavy atom. The van der Waals surface area contributed by atoms with E-state index < -0.39 is 11.8 Å². The van der Waals surface area contributed by atoms with Crippen molar-refractivity contribution in [3.8, 4) is 0 Å². The molecular formula is C14H14N4O4. The number of aromatic amines is 1. The van der Waals surface area contributed by atoms with E-state index >= 15 is 0 Å². The second-order valence-electron chi connectivity index (χ2n) is 4.53. The van der Waals surface area contributed by atoms with E-state index in [9.17, 15) is 19.2 Å². The molecule has 0 aliphatic rings. The number of carbonyl (C=O) groups is 3. The number of pyridine rings is 1. The molecule has 8 heteroatoms. The first kappa shape index (κ1) is 15.2. The molecule has 0 aromatic carbocycles. The van der Waals surface area contributed by atoms with Gasteiger partial charge in [-0.1, -0.05) is 6.07 Å². The van der Waals surface area contributed by atoms with Crippen LogP contribution < -0.4 is 16.4 Å². The summed E-state index contributed by atoms with van der Waals surface area (Å²) in [4.78, 5) is 48.6. The Morgan fingerprint density at radius 1 is 1.23 bits per heavy atom. The molecule has 0 aliphatic heterocycles. The molecule has 0 radical (unpaired) electrons. The summed E-state index contributed by atoms with van der Waals surface area (Å²) in [6, 6.07) is 5.89. The third-order valence-corrected chi connectivity index (χ3v) is 2.86. The molecule has 114 valence electrons. The number of hydrazine groups is 1. The van der Waals surface area contributed by atoms with E-state index in [0.717, 1.165) is 0 Å². The molecule has 2 heterocycles. The monoisotopic (exact) mass is 302 g/mol. The van der Waals surface area contributed by atoms with E-state index in [1.165, 1.54) is 36.0 Å². The Labute approximate surface area is 125 Å². The van der Waals surface area contributed by atoms with Crippen LogP contribution >= 0.6 is 0 Å². The molecule has 0 unspecified atom stereocenters. The second-order valence-corrected chi connectivity index (χ2v) is 4.53. The van der Waals surface area contributed by atoms with E-state index in [0.29, 0.717) is 5.56 Å². The summed E-state index contributed by atoms with van der Waals surface area (Å²) < 4.78 is 1.20. The number of carbonyl (C=O) groups excluding carboxylic acids is 3. The standard InChI is InChI=1S/C14H14N4O4/c1-9(19)10-6-11(15-7-10)14(22)17-16-12(20)8-18-5-3-2-4-13(18)21/h2-7,15H,8H2,1H3,(H,16,20)(H,17,22).